The predicted octanol–water partition coefficient (Wildman–Crippen LogP) is 2.76. The zero-order valence-corrected chi connectivity index (χ0v) is 16.2. The number of hydrogen-bond donors (Lipinski definition) is 1. The van der Waals surface area contributed by atoms with Crippen LogP contribution in [0.4, 0.5) is 4.79 Å². The third kappa shape index (κ3) is 5.99. The minimum Gasteiger partial charge on any atom is -0.467 e. The molecule has 1 aliphatic heterocycles. The minimum absolute atomic E-state index is 0.0561. The van der Waals surface area contributed by atoms with Gasteiger partial charge in [0, 0.05) is 25.7 Å². The Bertz CT molecular complexity index is 594. The van der Waals surface area contributed by atoms with Crippen LogP contribution in [0.5, 0.6) is 0 Å². The van der Waals surface area contributed by atoms with Gasteiger partial charge < -0.3 is 24.3 Å². The van der Waals surface area contributed by atoms with Crippen LogP contribution in [0.15, 0.2) is 22.8 Å². The number of carbonyl (C=O) groups excluding carboxylic acids is 2. The van der Waals surface area contributed by atoms with Crippen molar-refractivity contribution < 1.29 is 18.7 Å². The summed E-state index contributed by atoms with van der Waals surface area (Å²) in [7, 11) is 0. The van der Waals surface area contributed by atoms with Crippen molar-refractivity contribution >= 4 is 11.9 Å². The van der Waals surface area contributed by atoms with Crippen molar-refractivity contribution in [1.82, 2.24) is 15.1 Å². The molecule has 1 aliphatic carbocycles. The second-order valence-corrected chi connectivity index (χ2v) is 7.43. The highest BCUT2D eigenvalue weighted by Gasteiger charge is 2.35. The maximum Gasteiger partial charge on any atom is 0.318 e. The molecule has 2 heterocycles. The fourth-order valence-electron chi connectivity index (χ4n) is 3.35. The van der Waals surface area contributed by atoms with Crippen LogP contribution in [0.2, 0.25) is 0 Å². The average molecular weight is 377 g/mol. The maximum atomic E-state index is 13.0. The Morgan fingerprint density at radius 1 is 1.30 bits per heavy atom. The summed E-state index contributed by atoms with van der Waals surface area (Å²) in [6.45, 7) is 4.54. The van der Waals surface area contributed by atoms with Crippen LogP contribution in [0.25, 0.3) is 0 Å². The molecule has 0 aromatic carbocycles. The van der Waals surface area contributed by atoms with Crippen molar-refractivity contribution in [1.29, 1.82) is 0 Å². The smallest absolute Gasteiger partial charge is 0.318 e. The number of nitrogens with zero attached hydrogens (tertiary/aromatic N) is 2. The molecule has 1 aromatic heterocycles. The fourth-order valence-corrected chi connectivity index (χ4v) is 3.35. The summed E-state index contributed by atoms with van der Waals surface area (Å²) in [4.78, 5) is 29.0. The van der Waals surface area contributed by atoms with Gasteiger partial charge in [0.1, 0.15) is 12.3 Å². The van der Waals surface area contributed by atoms with Crippen LogP contribution >= 0.6 is 0 Å². The standard InChI is InChI=1S/C20H31N3O4/c1-2-3-10-21-20(25)23(16-8-9-16)15-19(24)22(13-17-6-4-11-26-17)14-18-7-5-12-27-18/h4,6,11,16,18H,2-3,5,7-10,12-15H2,1H3,(H,21,25)/t18-/m1/s1. The predicted molar refractivity (Wildman–Crippen MR) is 101 cm³/mol. The number of nitrogens with one attached hydrogen (secondary N) is 1. The van der Waals surface area contributed by atoms with E-state index < -0.39 is 0 Å². The molecule has 7 heteroatoms. The topological polar surface area (TPSA) is 75.0 Å². The van der Waals surface area contributed by atoms with Crippen LogP contribution in [0.3, 0.4) is 0 Å². The van der Waals surface area contributed by atoms with Gasteiger partial charge in [-0.1, -0.05) is 13.3 Å². The van der Waals surface area contributed by atoms with E-state index >= 15 is 0 Å². The number of hydrogen-bond acceptors (Lipinski definition) is 4. The number of carbonyl (C=O) groups is 2. The second-order valence-electron chi connectivity index (χ2n) is 7.43. The summed E-state index contributed by atoms with van der Waals surface area (Å²) in [5.74, 6) is 0.686. The summed E-state index contributed by atoms with van der Waals surface area (Å²) in [5.41, 5.74) is 0. The zero-order valence-electron chi connectivity index (χ0n) is 16.2. The molecule has 0 bridgehead atoms. The lowest BCUT2D eigenvalue weighted by Gasteiger charge is -2.29. The highest BCUT2D eigenvalue weighted by molar-refractivity contribution is 5.84. The van der Waals surface area contributed by atoms with Gasteiger partial charge >= 0.3 is 6.03 Å². The molecule has 1 aromatic rings. The van der Waals surface area contributed by atoms with Crippen molar-refractivity contribution in [3.8, 4) is 0 Å². The summed E-state index contributed by atoms with van der Waals surface area (Å²) >= 11 is 0. The third-order valence-electron chi connectivity index (χ3n) is 5.09. The van der Waals surface area contributed by atoms with E-state index in [4.69, 9.17) is 9.15 Å². The van der Waals surface area contributed by atoms with Crippen LogP contribution in [0, 0.1) is 0 Å². The van der Waals surface area contributed by atoms with Crippen LogP contribution in [0.1, 0.15) is 51.2 Å². The van der Waals surface area contributed by atoms with Gasteiger partial charge in [0.15, 0.2) is 0 Å². The number of rotatable bonds is 10. The Morgan fingerprint density at radius 2 is 2.15 bits per heavy atom. The van der Waals surface area contributed by atoms with E-state index in [0.717, 1.165) is 50.9 Å². The number of urea groups is 1. The van der Waals surface area contributed by atoms with Gasteiger partial charge in [-0.05, 0) is 44.2 Å². The maximum absolute atomic E-state index is 13.0. The fraction of sp³-hybridized carbons (Fsp3) is 0.700. The Morgan fingerprint density at radius 3 is 2.78 bits per heavy atom. The van der Waals surface area contributed by atoms with E-state index in [2.05, 4.69) is 12.2 Å². The Hall–Kier alpha value is -2.02. The summed E-state index contributed by atoms with van der Waals surface area (Å²) < 4.78 is 11.1. The van der Waals surface area contributed by atoms with E-state index in [-0.39, 0.29) is 30.6 Å². The number of unbranched alkanes of at least 4 members (excludes halogenated alkanes) is 1. The van der Waals surface area contributed by atoms with E-state index in [1.807, 2.05) is 12.1 Å². The van der Waals surface area contributed by atoms with Gasteiger partial charge in [-0.2, -0.15) is 0 Å². The zero-order chi connectivity index (χ0) is 19.1. The summed E-state index contributed by atoms with van der Waals surface area (Å²) in [6, 6.07) is 3.74. The van der Waals surface area contributed by atoms with Gasteiger partial charge in [-0.25, -0.2) is 4.79 Å². The van der Waals surface area contributed by atoms with Crippen molar-refractivity contribution in [3.05, 3.63) is 24.2 Å². The molecule has 2 fully saturated rings. The molecule has 7 nitrogen and oxygen atoms in total. The largest absolute Gasteiger partial charge is 0.467 e. The van der Waals surface area contributed by atoms with Gasteiger partial charge in [-0.3, -0.25) is 4.79 Å². The normalized spacial score (nSPS) is 19.1. The lowest BCUT2D eigenvalue weighted by Crippen LogP contribution is -2.49. The first kappa shape index (κ1) is 19.7. The molecule has 0 spiro atoms. The number of ether oxygens (including phenoxy) is 1. The molecular weight excluding hydrogens is 346 g/mol. The molecule has 150 valence electrons. The van der Waals surface area contributed by atoms with Gasteiger partial charge in [0.05, 0.1) is 18.9 Å². The third-order valence-corrected chi connectivity index (χ3v) is 5.09. The Labute approximate surface area is 161 Å². The van der Waals surface area contributed by atoms with Crippen LogP contribution < -0.4 is 5.32 Å². The molecule has 3 amide bonds. The van der Waals surface area contributed by atoms with E-state index in [0.29, 0.717) is 19.6 Å². The second kappa shape index (κ2) is 9.78. The molecule has 1 atom stereocenters. The van der Waals surface area contributed by atoms with E-state index in [9.17, 15) is 9.59 Å². The van der Waals surface area contributed by atoms with E-state index in [1.54, 1.807) is 16.1 Å². The molecule has 3 rings (SSSR count). The molecule has 0 unspecified atom stereocenters. The molecule has 1 N–H and O–H groups in total. The summed E-state index contributed by atoms with van der Waals surface area (Å²) in [5, 5.41) is 2.94. The molecule has 2 aliphatic rings. The molecule has 1 saturated carbocycles. The molecule has 1 saturated heterocycles. The van der Waals surface area contributed by atoms with Crippen LogP contribution in [-0.4, -0.2) is 60.1 Å². The molecule has 27 heavy (non-hydrogen) atoms. The molecule has 0 radical (unpaired) electrons. The summed E-state index contributed by atoms with van der Waals surface area (Å²) in [6.07, 6.45) is 7.59. The van der Waals surface area contributed by atoms with Gasteiger partial charge in [0.25, 0.3) is 0 Å². The van der Waals surface area contributed by atoms with Crippen molar-refractivity contribution in [3.63, 3.8) is 0 Å². The average Bonchev–Trinajstić information content (AvgIpc) is 3.13. The van der Waals surface area contributed by atoms with Crippen molar-refractivity contribution in [2.75, 3.05) is 26.2 Å². The molecular formula is C20H31N3O4. The van der Waals surface area contributed by atoms with E-state index in [1.165, 1.54) is 0 Å². The lowest BCUT2D eigenvalue weighted by molar-refractivity contribution is -0.134. The van der Waals surface area contributed by atoms with Gasteiger partial charge in [-0.15, -0.1) is 0 Å². The highest BCUT2D eigenvalue weighted by Crippen LogP contribution is 2.27. The first-order valence-electron chi connectivity index (χ1n) is 10.1. The Balaban J connectivity index is 1.61. The lowest BCUT2D eigenvalue weighted by atomic mass is 10.2. The number of furan rings is 1. The van der Waals surface area contributed by atoms with Crippen molar-refractivity contribution in [2.45, 2.75) is 64.1 Å². The van der Waals surface area contributed by atoms with Crippen LogP contribution in [-0.2, 0) is 16.1 Å². The minimum atomic E-state index is -0.130. The SMILES string of the molecule is CCCCNC(=O)N(CC(=O)N(Cc1ccco1)C[C@H]1CCCO1)C1CC1. The first-order chi connectivity index (χ1) is 13.2. The van der Waals surface area contributed by atoms with Crippen molar-refractivity contribution in [2.24, 2.45) is 0 Å². The first-order valence-corrected chi connectivity index (χ1v) is 10.1. The highest BCUT2D eigenvalue weighted by atomic mass is 16.5. The quantitative estimate of drug-likeness (QED) is 0.636. The monoisotopic (exact) mass is 377 g/mol. The van der Waals surface area contributed by atoms with Gasteiger partial charge in [0.2, 0.25) is 5.91 Å². The Kier molecular flexibility index (Phi) is 7.15. The number of amides is 3.